The van der Waals surface area contributed by atoms with E-state index in [4.69, 9.17) is 0 Å². The second-order valence-electron chi connectivity index (χ2n) is 6.57. The maximum Gasteiger partial charge on any atom is 0.275 e. The number of thiophene rings is 1. The van der Waals surface area contributed by atoms with Crippen LogP contribution in [0, 0.1) is 5.82 Å². The van der Waals surface area contributed by atoms with Crippen molar-refractivity contribution in [1.29, 1.82) is 0 Å². The molecule has 2 heterocycles. The topological polar surface area (TPSA) is 70.9 Å². The highest BCUT2D eigenvalue weighted by Gasteiger charge is 2.32. The fourth-order valence-electron chi connectivity index (χ4n) is 3.14. The van der Waals surface area contributed by atoms with Gasteiger partial charge in [-0.05, 0) is 30.5 Å². The van der Waals surface area contributed by atoms with Gasteiger partial charge in [0.2, 0.25) is 10.0 Å². The molecule has 27 heavy (non-hydrogen) atoms. The van der Waals surface area contributed by atoms with E-state index in [2.05, 4.69) is 5.32 Å². The number of halogens is 1. The molecule has 1 amide bonds. The number of nitrogens with zero attached hydrogens (tertiary/aromatic N) is 1. The molecule has 1 aromatic heterocycles. The van der Waals surface area contributed by atoms with E-state index < -0.39 is 15.8 Å². The molecule has 1 fully saturated rings. The van der Waals surface area contributed by atoms with Gasteiger partial charge >= 0.3 is 0 Å². The number of carbonyl (C=O) groups excluding carboxylic acids is 1. The van der Waals surface area contributed by atoms with Gasteiger partial charge in [-0.3, -0.25) is 4.79 Å². The normalized spacial score (nSPS) is 17.6. The Morgan fingerprint density at radius 1 is 1.26 bits per heavy atom. The average molecular weight is 413 g/mol. The highest BCUT2D eigenvalue weighted by atomic mass is 32.2. The van der Waals surface area contributed by atoms with Crippen molar-refractivity contribution < 1.29 is 22.5 Å². The van der Waals surface area contributed by atoms with Crippen LogP contribution in [0.3, 0.4) is 0 Å². The van der Waals surface area contributed by atoms with Gasteiger partial charge in [-0.25, -0.2) is 12.8 Å². The Kier molecular flexibility index (Phi) is 6.25. The molecule has 0 radical (unpaired) electrons. The molecular formula is C18H23FN3O3S2+. The zero-order valence-electron chi connectivity index (χ0n) is 15.0. The number of carbonyl (C=O) groups is 1. The highest BCUT2D eigenvalue weighted by Crippen LogP contribution is 2.19. The summed E-state index contributed by atoms with van der Waals surface area (Å²) in [5, 5.41) is 4.94. The molecule has 1 saturated heterocycles. The van der Waals surface area contributed by atoms with Gasteiger partial charge in [0, 0.05) is 4.88 Å². The van der Waals surface area contributed by atoms with Gasteiger partial charge in [-0.15, -0.1) is 11.3 Å². The van der Waals surface area contributed by atoms with Crippen LogP contribution in [0.5, 0.6) is 0 Å². The number of nitrogens with one attached hydrogen (secondary N) is 2. The molecule has 2 N–H and O–H groups in total. The van der Waals surface area contributed by atoms with Crippen molar-refractivity contribution in [2.45, 2.75) is 17.9 Å². The van der Waals surface area contributed by atoms with Gasteiger partial charge < -0.3 is 10.2 Å². The number of benzene rings is 1. The zero-order valence-corrected chi connectivity index (χ0v) is 16.7. The van der Waals surface area contributed by atoms with Crippen LogP contribution in [0.1, 0.15) is 17.8 Å². The minimum absolute atomic E-state index is 0.0420. The van der Waals surface area contributed by atoms with Gasteiger partial charge in [0.1, 0.15) is 10.7 Å². The van der Waals surface area contributed by atoms with Gasteiger partial charge in [-0.1, -0.05) is 18.2 Å². The largest absolute Gasteiger partial charge is 0.344 e. The van der Waals surface area contributed by atoms with Crippen LogP contribution in [0.25, 0.3) is 0 Å². The van der Waals surface area contributed by atoms with Crippen LogP contribution in [0.15, 0.2) is 46.7 Å². The van der Waals surface area contributed by atoms with Gasteiger partial charge in [-0.2, -0.15) is 4.31 Å². The molecule has 0 aliphatic carbocycles. The van der Waals surface area contributed by atoms with E-state index in [9.17, 15) is 17.6 Å². The van der Waals surface area contributed by atoms with Crippen LogP contribution in [-0.4, -0.2) is 51.4 Å². The predicted octanol–water partition coefficient (Wildman–Crippen LogP) is 0.654. The molecule has 2 aromatic rings. The van der Waals surface area contributed by atoms with Crippen molar-refractivity contribution in [2.24, 2.45) is 0 Å². The summed E-state index contributed by atoms with van der Waals surface area (Å²) in [6.07, 6.45) is 0. The summed E-state index contributed by atoms with van der Waals surface area (Å²) in [6, 6.07) is 9.29. The summed E-state index contributed by atoms with van der Waals surface area (Å²) in [5.74, 6) is -0.800. The molecule has 6 nitrogen and oxygen atoms in total. The quantitative estimate of drug-likeness (QED) is 0.732. The summed E-state index contributed by atoms with van der Waals surface area (Å²) in [6.45, 7) is 3.78. The molecule has 0 unspecified atom stereocenters. The Morgan fingerprint density at radius 3 is 2.59 bits per heavy atom. The Labute approximate surface area is 162 Å². The van der Waals surface area contributed by atoms with E-state index in [0.717, 1.165) is 15.8 Å². The van der Waals surface area contributed by atoms with Crippen LogP contribution < -0.4 is 10.2 Å². The molecule has 1 aliphatic heterocycles. The standard InChI is InChI=1S/C18H22FN3O3S2/c1-14(16-6-4-12-26-16)20-18(23)13-21-8-10-22(11-9-21)27(24,25)17-7-3-2-5-15(17)19/h2-7,12,14H,8-11,13H2,1H3,(H,20,23)/p+1/t14-/m0/s1. The summed E-state index contributed by atoms with van der Waals surface area (Å²) in [5.41, 5.74) is 0. The predicted molar refractivity (Wildman–Crippen MR) is 102 cm³/mol. The van der Waals surface area contributed by atoms with E-state index in [-0.39, 0.29) is 29.9 Å². The summed E-state index contributed by atoms with van der Waals surface area (Å²) in [7, 11) is -3.85. The number of hydrogen-bond donors (Lipinski definition) is 2. The first-order valence-electron chi connectivity index (χ1n) is 8.79. The lowest BCUT2D eigenvalue weighted by atomic mass is 10.2. The van der Waals surface area contributed by atoms with Crippen LogP contribution in [-0.2, 0) is 14.8 Å². The number of amides is 1. The molecule has 1 aliphatic rings. The summed E-state index contributed by atoms with van der Waals surface area (Å²) in [4.78, 5) is 14.1. The summed E-state index contributed by atoms with van der Waals surface area (Å²) < 4.78 is 40.4. The SMILES string of the molecule is C[C@H](NC(=O)C[NH+]1CCN(S(=O)(=O)c2ccccc2F)CC1)c1cccs1. The Bertz CT molecular complexity index is 879. The molecule has 1 aromatic carbocycles. The molecule has 1 atom stereocenters. The van der Waals surface area contributed by atoms with Crippen molar-refractivity contribution in [3.8, 4) is 0 Å². The summed E-state index contributed by atoms with van der Waals surface area (Å²) >= 11 is 1.60. The van der Waals surface area contributed by atoms with Crippen LogP contribution in [0.4, 0.5) is 4.39 Å². The van der Waals surface area contributed by atoms with Gasteiger partial charge in [0.25, 0.3) is 5.91 Å². The van der Waals surface area contributed by atoms with Crippen molar-refractivity contribution >= 4 is 27.3 Å². The molecule has 0 bridgehead atoms. The first-order chi connectivity index (χ1) is 12.9. The number of quaternary nitrogens is 1. The number of piperazine rings is 1. The van der Waals surface area contributed by atoms with Crippen molar-refractivity contribution in [3.63, 3.8) is 0 Å². The van der Waals surface area contributed by atoms with E-state index in [1.807, 2.05) is 24.4 Å². The van der Waals surface area contributed by atoms with E-state index in [1.54, 1.807) is 11.3 Å². The minimum atomic E-state index is -3.85. The molecular weight excluding hydrogens is 389 g/mol. The lowest BCUT2D eigenvalue weighted by molar-refractivity contribution is -0.895. The Balaban J connectivity index is 1.53. The maximum atomic E-state index is 13.9. The maximum absolute atomic E-state index is 13.9. The van der Waals surface area contributed by atoms with Gasteiger partial charge in [0.05, 0.1) is 32.2 Å². The molecule has 0 spiro atoms. The fraction of sp³-hybridized carbons (Fsp3) is 0.389. The second-order valence-corrected chi connectivity index (χ2v) is 9.45. The van der Waals surface area contributed by atoms with Crippen molar-refractivity contribution in [2.75, 3.05) is 32.7 Å². The van der Waals surface area contributed by atoms with Crippen molar-refractivity contribution in [1.82, 2.24) is 9.62 Å². The van der Waals surface area contributed by atoms with Gasteiger partial charge in [0.15, 0.2) is 6.54 Å². The highest BCUT2D eigenvalue weighted by molar-refractivity contribution is 7.89. The van der Waals surface area contributed by atoms with Crippen LogP contribution >= 0.6 is 11.3 Å². The Hall–Kier alpha value is -1.81. The van der Waals surface area contributed by atoms with E-state index in [1.165, 1.54) is 22.5 Å². The number of sulfonamides is 1. The smallest absolute Gasteiger partial charge is 0.275 e. The Morgan fingerprint density at radius 2 is 1.96 bits per heavy atom. The number of hydrogen-bond acceptors (Lipinski definition) is 4. The van der Waals surface area contributed by atoms with E-state index in [0.29, 0.717) is 19.6 Å². The van der Waals surface area contributed by atoms with E-state index >= 15 is 0 Å². The second kappa shape index (κ2) is 8.47. The molecule has 0 saturated carbocycles. The zero-order chi connectivity index (χ0) is 19.4. The number of rotatable bonds is 6. The lowest BCUT2D eigenvalue weighted by Gasteiger charge is -2.31. The van der Waals surface area contributed by atoms with Crippen LogP contribution in [0.2, 0.25) is 0 Å². The lowest BCUT2D eigenvalue weighted by Crippen LogP contribution is -3.15. The third-order valence-electron chi connectivity index (χ3n) is 4.64. The average Bonchev–Trinajstić information content (AvgIpc) is 3.17. The third kappa shape index (κ3) is 4.73. The monoisotopic (exact) mass is 412 g/mol. The first-order valence-corrected chi connectivity index (χ1v) is 11.1. The third-order valence-corrected chi connectivity index (χ3v) is 7.63. The molecule has 9 heteroatoms. The molecule has 146 valence electrons. The minimum Gasteiger partial charge on any atom is -0.344 e. The molecule has 3 rings (SSSR count). The van der Waals surface area contributed by atoms with Crippen molar-refractivity contribution in [3.05, 3.63) is 52.5 Å². The fourth-order valence-corrected chi connectivity index (χ4v) is 5.38. The first kappa shape index (κ1) is 19.9.